The summed E-state index contributed by atoms with van der Waals surface area (Å²) in [5.41, 5.74) is 3.24. The molecule has 1 aromatic carbocycles. The maximum Gasteiger partial charge on any atom is 0.286 e. The van der Waals surface area contributed by atoms with Crippen molar-refractivity contribution in [1.82, 2.24) is 10.3 Å². The van der Waals surface area contributed by atoms with Crippen LogP contribution in [0.2, 0.25) is 0 Å². The number of carbonyl (C=O) groups is 2. The minimum absolute atomic E-state index is 0.0914. The van der Waals surface area contributed by atoms with Gasteiger partial charge in [0.2, 0.25) is 5.91 Å². The van der Waals surface area contributed by atoms with Gasteiger partial charge in [0, 0.05) is 23.9 Å². The van der Waals surface area contributed by atoms with Crippen molar-refractivity contribution in [1.29, 1.82) is 0 Å². The fraction of sp³-hybridized carbons (Fsp3) is 0.278. The van der Waals surface area contributed by atoms with E-state index < -0.39 is 0 Å². The van der Waals surface area contributed by atoms with Gasteiger partial charge in [-0.2, -0.15) is 0 Å². The third kappa shape index (κ3) is 2.78. The third-order valence-corrected chi connectivity index (χ3v) is 5.54. The van der Waals surface area contributed by atoms with E-state index in [2.05, 4.69) is 10.3 Å². The first-order chi connectivity index (χ1) is 11.6. The zero-order valence-corrected chi connectivity index (χ0v) is 13.9. The molecule has 1 aliphatic heterocycles. The van der Waals surface area contributed by atoms with E-state index in [-0.39, 0.29) is 22.3 Å². The summed E-state index contributed by atoms with van der Waals surface area (Å²) in [6.45, 7) is 1.92. The number of fused-ring (bicyclic) bond motifs is 1. The van der Waals surface area contributed by atoms with Crippen LogP contribution in [0.5, 0.6) is 11.5 Å². The predicted octanol–water partition coefficient (Wildman–Crippen LogP) is 3.56. The molecule has 1 aromatic heterocycles. The van der Waals surface area contributed by atoms with E-state index in [9.17, 15) is 9.59 Å². The Labute approximate surface area is 143 Å². The zero-order valence-electron chi connectivity index (χ0n) is 13.1. The highest BCUT2D eigenvalue weighted by molar-refractivity contribution is 8.15. The molecule has 0 radical (unpaired) electrons. The lowest BCUT2D eigenvalue weighted by atomic mass is 9.97. The van der Waals surface area contributed by atoms with Crippen LogP contribution in [0.15, 0.2) is 36.5 Å². The van der Waals surface area contributed by atoms with Crippen molar-refractivity contribution in [3.8, 4) is 11.5 Å². The van der Waals surface area contributed by atoms with Crippen molar-refractivity contribution < 1.29 is 14.3 Å². The third-order valence-electron chi connectivity index (χ3n) is 4.43. The van der Waals surface area contributed by atoms with E-state index in [0.29, 0.717) is 0 Å². The quantitative estimate of drug-likeness (QED) is 0.925. The van der Waals surface area contributed by atoms with Gasteiger partial charge in [0.1, 0.15) is 16.7 Å². The molecule has 2 atom stereocenters. The van der Waals surface area contributed by atoms with E-state index in [0.717, 1.165) is 47.4 Å². The maximum atomic E-state index is 11.9. The number of pyridine rings is 1. The Hall–Kier alpha value is -2.34. The Morgan fingerprint density at radius 2 is 2.04 bits per heavy atom. The zero-order chi connectivity index (χ0) is 16.7. The monoisotopic (exact) mass is 340 g/mol. The first-order valence-electron chi connectivity index (χ1n) is 7.85. The number of rotatable bonds is 3. The lowest BCUT2D eigenvalue weighted by Gasteiger charge is -2.16. The second-order valence-electron chi connectivity index (χ2n) is 6.06. The lowest BCUT2D eigenvalue weighted by molar-refractivity contribution is -0.119. The van der Waals surface area contributed by atoms with Crippen molar-refractivity contribution in [2.45, 2.75) is 30.9 Å². The molecular formula is C18H16N2O3S. The summed E-state index contributed by atoms with van der Waals surface area (Å²) in [7, 11) is 0. The summed E-state index contributed by atoms with van der Waals surface area (Å²) in [4.78, 5) is 27.5. The molecule has 1 N–H and O–H groups in total. The largest absolute Gasteiger partial charge is 0.457 e. The van der Waals surface area contributed by atoms with Gasteiger partial charge in [0.25, 0.3) is 5.24 Å². The summed E-state index contributed by atoms with van der Waals surface area (Å²) >= 11 is 1.11. The number of hydrogen-bond acceptors (Lipinski definition) is 5. The van der Waals surface area contributed by atoms with Gasteiger partial charge in [-0.3, -0.25) is 19.9 Å². The van der Waals surface area contributed by atoms with E-state index >= 15 is 0 Å². The maximum absolute atomic E-state index is 11.9. The van der Waals surface area contributed by atoms with Crippen molar-refractivity contribution in [3.63, 3.8) is 0 Å². The number of amides is 2. The minimum atomic E-state index is -0.312. The van der Waals surface area contributed by atoms with Crippen LogP contribution in [0.1, 0.15) is 29.2 Å². The normalized spacial score (nSPS) is 22.4. The molecular weight excluding hydrogens is 324 g/mol. The smallest absolute Gasteiger partial charge is 0.286 e. The number of thioether (sulfide) groups is 1. The van der Waals surface area contributed by atoms with Crippen molar-refractivity contribution >= 4 is 22.9 Å². The number of aromatic nitrogens is 1. The Kier molecular flexibility index (Phi) is 3.76. The van der Waals surface area contributed by atoms with E-state index in [4.69, 9.17) is 4.74 Å². The van der Waals surface area contributed by atoms with Gasteiger partial charge in [0.15, 0.2) is 0 Å². The number of aryl methyl sites for hydroxylation is 2. The molecule has 122 valence electrons. The van der Waals surface area contributed by atoms with Crippen LogP contribution in [-0.2, 0) is 11.2 Å². The van der Waals surface area contributed by atoms with Crippen LogP contribution in [0.25, 0.3) is 0 Å². The molecule has 1 unspecified atom stereocenters. The average molecular weight is 340 g/mol. The number of benzene rings is 1. The van der Waals surface area contributed by atoms with Gasteiger partial charge in [-0.15, -0.1) is 0 Å². The molecule has 0 bridgehead atoms. The molecule has 2 aromatic rings. The Morgan fingerprint density at radius 3 is 2.79 bits per heavy atom. The highest BCUT2D eigenvalue weighted by atomic mass is 32.2. The summed E-state index contributed by atoms with van der Waals surface area (Å²) < 4.78 is 5.90. The summed E-state index contributed by atoms with van der Waals surface area (Å²) in [6.07, 6.45) is 3.50. The predicted molar refractivity (Wildman–Crippen MR) is 91.5 cm³/mol. The van der Waals surface area contributed by atoms with Gasteiger partial charge < -0.3 is 4.74 Å². The van der Waals surface area contributed by atoms with Gasteiger partial charge >= 0.3 is 0 Å². The van der Waals surface area contributed by atoms with Crippen LogP contribution in [0.3, 0.4) is 0 Å². The van der Waals surface area contributed by atoms with Gasteiger partial charge in [0.05, 0.1) is 0 Å². The molecule has 5 nitrogen and oxygen atoms in total. The van der Waals surface area contributed by atoms with Crippen LogP contribution < -0.4 is 10.1 Å². The number of imide groups is 1. The second kappa shape index (κ2) is 5.94. The Balaban J connectivity index is 1.56. The molecule has 24 heavy (non-hydrogen) atoms. The van der Waals surface area contributed by atoms with Crippen LogP contribution in [0, 0.1) is 6.92 Å². The standard InChI is InChI=1S/C18H16N2O3S/c1-10-8-13(6-7-19-10)23-12-3-5-14-11(9-12)2-4-15(14)16-17(21)20-18(22)24-16/h3,5-9,15-16H,2,4H2,1H3,(H,20,21,22)/t15-,16?/m1/s1. The summed E-state index contributed by atoms with van der Waals surface area (Å²) in [5.74, 6) is 1.46. The van der Waals surface area contributed by atoms with E-state index in [1.165, 1.54) is 5.56 Å². The summed E-state index contributed by atoms with van der Waals surface area (Å²) in [6, 6.07) is 9.69. The van der Waals surface area contributed by atoms with Gasteiger partial charge in [-0.05, 0) is 49.1 Å². The molecule has 0 spiro atoms. The second-order valence-corrected chi connectivity index (χ2v) is 7.17. The average Bonchev–Trinajstić information content (AvgIpc) is 3.09. The molecule has 0 saturated carbocycles. The molecule has 1 aliphatic carbocycles. The molecule has 4 rings (SSSR count). The Bertz CT molecular complexity index is 837. The topological polar surface area (TPSA) is 68.3 Å². The van der Waals surface area contributed by atoms with Crippen LogP contribution in [-0.4, -0.2) is 21.4 Å². The van der Waals surface area contributed by atoms with Crippen LogP contribution in [0.4, 0.5) is 4.79 Å². The molecule has 2 amide bonds. The molecule has 1 fully saturated rings. The van der Waals surface area contributed by atoms with Crippen molar-refractivity contribution in [2.24, 2.45) is 0 Å². The number of nitrogens with one attached hydrogen (secondary N) is 1. The van der Waals surface area contributed by atoms with E-state index in [1.807, 2.05) is 37.3 Å². The fourth-order valence-electron chi connectivity index (χ4n) is 3.36. The van der Waals surface area contributed by atoms with Crippen LogP contribution >= 0.6 is 11.8 Å². The molecule has 6 heteroatoms. The number of nitrogens with zero attached hydrogens (tertiary/aromatic N) is 1. The minimum Gasteiger partial charge on any atom is -0.457 e. The highest BCUT2D eigenvalue weighted by Gasteiger charge is 2.41. The first-order valence-corrected chi connectivity index (χ1v) is 8.73. The van der Waals surface area contributed by atoms with E-state index in [1.54, 1.807) is 6.20 Å². The number of hydrogen-bond donors (Lipinski definition) is 1. The number of carbonyl (C=O) groups excluding carboxylic acids is 2. The Morgan fingerprint density at radius 1 is 1.21 bits per heavy atom. The molecule has 2 aliphatic rings. The van der Waals surface area contributed by atoms with Crippen molar-refractivity contribution in [2.75, 3.05) is 0 Å². The first kappa shape index (κ1) is 15.2. The summed E-state index contributed by atoms with van der Waals surface area (Å²) in [5, 5.41) is 1.82. The number of ether oxygens (including phenoxy) is 1. The lowest BCUT2D eigenvalue weighted by Crippen LogP contribution is -2.27. The van der Waals surface area contributed by atoms with Gasteiger partial charge in [-0.25, -0.2) is 0 Å². The highest BCUT2D eigenvalue weighted by Crippen LogP contribution is 2.43. The molecule has 1 saturated heterocycles. The SMILES string of the molecule is Cc1cc(Oc2ccc3c(c2)CC[C@H]3C2SC(=O)NC2=O)ccn1. The fourth-order valence-corrected chi connectivity index (χ4v) is 4.36. The molecule has 2 heterocycles. The van der Waals surface area contributed by atoms with Crippen molar-refractivity contribution in [3.05, 3.63) is 53.3 Å². The van der Waals surface area contributed by atoms with Gasteiger partial charge in [-0.1, -0.05) is 17.8 Å².